The fourth-order valence-electron chi connectivity index (χ4n) is 2.21. The molecule has 5 nitrogen and oxygen atoms in total. The first-order valence-electron chi connectivity index (χ1n) is 6.40. The van der Waals surface area contributed by atoms with Gasteiger partial charge in [0.1, 0.15) is 0 Å². The molecule has 2 rings (SSSR count). The molecule has 0 aliphatic carbocycles. The van der Waals surface area contributed by atoms with Crippen LogP contribution in [0.4, 0.5) is 0 Å². The van der Waals surface area contributed by atoms with Crippen LogP contribution in [0.3, 0.4) is 0 Å². The number of hydrogen-bond acceptors (Lipinski definition) is 4. The van der Waals surface area contributed by atoms with Crippen molar-refractivity contribution in [2.45, 2.75) is 33.2 Å². The Morgan fingerprint density at radius 2 is 2.19 bits per heavy atom. The third-order valence-electron chi connectivity index (χ3n) is 3.30. The highest BCUT2D eigenvalue weighted by Gasteiger charge is 2.13. The largest absolute Gasteiger partial charge is 0.481 e. The number of carboxylic acids is 1. The maximum Gasteiger partial charge on any atom is 0.348 e. The van der Waals surface area contributed by atoms with Crippen molar-refractivity contribution in [2.24, 2.45) is 0 Å². The normalized spacial score (nSPS) is 10.8. The van der Waals surface area contributed by atoms with E-state index in [0.29, 0.717) is 18.7 Å². The summed E-state index contributed by atoms with van der Waals surface area (Å²) in [6, 6.07) is 1.97. The third-order valence-corrected chi connectivity index (χ3v) is 4.98. The number of carbonyl (C=O) groups is 1. The van der Waals surface area contributed by atoms with Gasteiger partial charge in [-0.3, -0.25) is 9.36 Å². The van der Waals surface area contributed by atoms with Crippen molar-refractivity contribution in [2.75, 3.05) is 0 Å². The number of aliphatic carboxylic acids is 1. The number of carboxylic acid groups (broad SMARTS) is 1. The molecule has 0 aliphatic heterocycles. The second-order valence-electron chi connectivity index (χ2n) is 4.75. The molecule has 0 unspecified atom stereocenters. The van der Waals surface area contributed by atoms with E-state index in [4.69, 9.17) is 5.11 Å². The zero-order valence-electron chi connectivity index (χ0n) is 11.7. The van der Waals surface area contributed by atoms with E-state index in [-0.39, 0.29) is 12.1 Å². The van der Waals surface area contributed by atoms with Crippen molar-refractivity contribution in [1.29, 1.82) is 0 Å². The monoisotopic (exact) mass is 370 g/mol. The third kappa shape index (κ3) is 3.79. The zero-order valence-corrected chi connectivity index (χ0v) is 14.1. The average Bonchev–Trinajstić information content (AvgIpc) is 2.79. The Hall–Kier alpha value is -1.47. The molecule has 0 amide bonds. The lowest BCUT2D eigenvalue weighted by atomic mass is 10.1. The molecule has 0 saturated heterocycles. The van der Waals surface area contributed by atoms with Crippen LogP contribution in [0.5, 0.6) is 0 Å². The number of aryl methyl sites for hydroxylation is 1. The molecule has 0 radical (unpaired) electrons. The Bertz CT molecular complexity index is 736. The molecule has 0 bridgehead atoms. The highest BCUT2D eigenvalue weighted by Crippen LogP contribution is 2.21. The van der Waals surface area contributed by atoms with E-state index < -0.39 is 5.97 Å². The van der Waals surface area contributed by atoms with Crippen molar-refractivity contribution in [3.05, 3.63) is 48.2 Å². The van der Waals surface area contributed by atoms with Crippen LogP contribution in [0.25, 0.3) is 0 Å². The maximum atomic E-state index is 12.1. The van der Waals surface area contributed by atoms with Crippen LogP contribution in [0.2, 0.25) is 0 Å². The van der Waals surface area contributed by atoms with Gasteiger partial charge in [0.15, 0.2) is 0 Å². The molecule has 7 heteroatoms. The predicted octanol–water partition coefficient (Wildman–Crippen LogP) is 2.75. The van der Waals surface area contributed by atoms with Gasteiger partial charge in [-0.1, -0.05) is 0 Å². The molecule has 2 aromatic heterocycles. The number of halogens is 1. The molecule has 0 atom stereocenters. The minimum Gasteiger partial charge on any atom is -0.481 e. The van der Waals surface area contributed by atoms with E-state index in [1.807, 2.05) is 18.4 Å². The van der Waals surface area contributed by atoms with Gasteiger partial charge >= 0.3 is 11.7 Å². The minimum absolute atomic E-state index is 0.0338. The van der Waals surface area contributed by atoms with E-state index in [1.54, 1.807) is 22.8 Å². The van der Waals surface area contributed by atoms with Crippen molar-refractivity contribution >= 4 is 33.2 Å². The molecule has 0 aromatic carbocycles. The SMILES string of the molecule is Cc1nc(=O)n(Cc2cc(Br)cs2)c(C)c1CCC(=O)O. The van der Waals surface area contributed by atoms with Crippen molar-refractivity contribution in [1.82, 2.24) is 9.55 Å². The van der Waals surface area contributed by atoms with Crippen LogP contribution in [-0.2, 0) is 17.8 Å². The summed E-state index contributed by atoms with van der Waals surface area (Å²) in [6.07, 6.45) is 0.417. The van der Waals surface area contributed by atoms with E-state index in [2.05, 4.69) is 20.9 Å². The molecule has 0 fully saturated rings. The first-order valence-corrected chi connectivity index (χ1v) is 8.07. The number of hydrogen-bond donors (Lipinski definition) is 1. The Balaban J connectivity index is 2.38. The Labute approximate surface area is 134 Å². The second-order valence-corrected chi connectivity index (χ2v) is 6.67. The summed E-state index contributed by atoms with van der Waals surface area (Å²) in [5, 5.41) is 10.8. The lowest BCUT2D eigenvalue weighted by Crippen LogP contribution is -2.28. The van der Waals surface area contributed by atoms with Gasteiger partial charge in [0.25, 0.3) is 0 Å². The summed E-state index contributed by atoms with van der Waals surface area (Å²) in [7, 11) is 0. The number of nitrogens with zero attached hydrogens (tertiary/aromatic N) is 2. The molecule has 2 heterocycles. The molecule has 2 aromatic rings. The molecule has 0 spiro atoms. The number of thiophene rings is 1. The number of rotatable bonds is 5. The van der Waals surface area contributed by atoms with Crippen LogP contribution in [0.1, 0.15) is 28.2 Å². The summed E-state index contributed by atoms with van der Waals surface area (Å²) >= 11 is 4.95. The van der Waals surface area contributed by atoms with Crippen LogP contribution < -0.4 is 5.69 Å². The standard InChI is InChI=1S/C14H15BrN2O3S/c1-8-12(3-4-13(18)19)9(2)17(14(20)16-8)6-11-5-10(15)7-21-11/h5,7H,3-4,6H2,1-2H3,(H,18,19). The molecule has 1 N–H and O–H groups in total. The fraction of sp³-hybridized carbons (Fsp3) is 0.357. The molecule has 0 aliphatic rings. The highest BCUT2D eigenvalue weighted by atomic mass is 79.9. The van der Waals surface area contributed by atoms with Crippen molar-refractivity contribution in [3.63, 3.8) is 0 Å². The first-order chi connectivity index (χ1) is 9.88. The quantitative estimate of drug-likeness (QED) is 0.877. The van der Waals surface area contributed by atoms with E-state index >= 15 is 0 Å². The molecular weight excluding hydrogens is 356 g/mol. The Kier molecular flexibility index (Phi) is 4.95. The molecule has 112 valence electrons. The van der Waals surface area contributed by atoms with Gasteiger partial charge in [-0.05, 0) is 47.8 Å². The predicted molar refractivity (Wildman–Crippen MR) is 85.0 cm³/mol. The van der Waals surface area contributed by atoms with Gasteiger partial charge in [-0.25, -0.2) is 4.79 Å². The summed E-state index contributed by atoms with van der Waals surface area (Å²) in [5.41, 5.74) is 1.95. The zero-order chi connectivity index (χ0) is 15.6. The van der Waals surface area contributed by atoms with Crippen LogP contribution in [0.15, 0.2) is 20.7 Å². The smallest absolute Gasteiger partial charge is 0.348 e. The van der Waals surface area contributed by atoms with Gasteiger partial charge in [-0.15, -0.1) is 11.3 Å². The van der Waals surface area contributed by atoms with Crippen LogP contribution in [-0.4, -0.2) is 20.6 Å². The van der Waals surface area contributed by atoms with Gasteiger partial charge < -0.3 is 5.11 Å². The fourth-order valence-corrected chi connectivity index (χ4v) is 3.65. The highest BCUT2D eigenvalue weighted by molar-refractivity contribution is 9.10. The average molecular weight is 371 g/mol. The molecule has 21 heavy (non-hydrogen) atoms. The van der Waals surface area contributed by atoms with Crippen LogP contribution in [0, 0.1) is 13.8 Å². The van der Waals surface area contributed by atoms with Gasteiger partial charge in [0.2, 0.25) is 0 Å². The second kappa shape index (κ2) is 6.53. The molecular formula is C14H15BrN2O3S. The van der Waals surface area contributed by atoms with Crippen molar-refractivity contribution < 1.29 is 9.90 Å². The minimum atomic E-state index is -0.853. The Morgan fingerprint density at radius 1 is 1.48 bits per heavy atom. The summed E-state index contributed by atoms with van der Waals surface area (Å²) in [4.78, 5) is 27.9. The van der Waals surface area contributed by atoms with Gasteiger partial charge in [0.05, 0.1) is 6.54 Å². The van der Waals surface area contributed by atoms with E-state index in [9.17, 15) is 9.59 Å². The number of aromatic nitrogens is 2. The van der Waals surface area contributed by atoms with Crippen molar-refractivity contribution in [3.8, 4) is 0 Å². The summed E-state index contributed by atoms with van der Waals surface area (Å²) in [6.45, 7) is 4.04. The lowest BCUT2D eigenvalue weighted by Gasteiger charge is -2.14. The maximum absolute atomic E-state index is 12.1. The summed E-state index contributed by atoms with van der Waals surface area (Å²) < 4.78 is 2.59. The molecule has 0 saturated carbocycles. The van der Waals surface area contributed by atoms with Gasteiger partial charge in [-0.2, -0.15) is 4.98 Å². The summed E-state index contributed by atoms with van der Waals surface area (Å²) in [5.74, 6) is -0.853. The van der Waals surface area contributed by atoms with E-state index in [0.717, 1.165) is 20.6 Å². The Morgan fingerprint density at radius 3 is 2.76 bits per heavy atom. The topological polar surface area (TPSA) is 72.2 Å². The first kappa shape index (κ1) is 15.9. The van der Waals surface area contributed by atoms with Crippen LogP contribution >= 0.6 is 27.3 Å². The van der Waals surface area contributed by atoms with Gasteiger partial charge in [0, 0.05) is 32.5 Å². The lowest BCUT2D eigenvalue weighted by molar-refractivity contribution is -0.136. The van der Waals surface area contributed by atoms with E-state index in [1.165, 1.54) is 0 Å².